The zero-order chi connectivity index (χ0) is 16.1. The molecule has 3 rings (SSSR count). The minimum atomic E-state index is -3.68. The molecule has 0 saturated heterocycles. The largest absolute Gasteiger partial charge is 0.386 e. The standard InChI is InChI=1S/C16H17ClO4S/c1-16(2)7-13(18)15-12(10-3-5-11(17)6-4-10)9-22(19,20)21-14(15)8-16/h3-6,12H,7-9H2,1-2H3. The van der Waals surface area contributed by atoms with Crippen molar-refractivity contribution in [3.8, 4) is 0 Å². The fourth-order valence-electron chi connectivity index (χ4n) is 3.17. The van der Waals surface area contributed by atoms with E-state index in [1.54, 1.807) is 24.3 Å². The van der Waals surface area contributed by atoms with Crippen LogP contribution in [0.2, 0.25) is 5.02 Å². The van der Waals surface area contributed by atoms with E-state index in [4.69, 9.17) is 15.8 Å². The fourth-order valence-corrected chi connectivity index (χ4v) is 4.59. The lowest BCUT2D eigenvalue weighted by atomic mass is 9.73. The SMILES string of the molecule is CC1(C)CC(=O)C2=C(C1)OS(=O)(=O)CC2c1ccc(Cl)cc1. The van der Waals surface area contributed by atoms with E-state index in [0.29, 0.717) is 29.2 Å². The molecule has 0 N–H and O–H groups in total. The molecular formula is C16H17ClO4S. The van der Waals surface area contributed by atoms with Crippen LogP contribution in [-0.2, 0) is 19.1 Å². The first-order valence-corrected chi connectivity index (χ1v) is 9.06. The van der Waals surface area contributed by atoms with Crippen LogP contribution in [0.4, 0.5) is 0 Å². The molecule has 1 aromatic carbocycles. The van der Waals surface area contributed by atoms with Crippen molar-refractivity contribution in [3.05, 3.63) is 46.2 Å². The topological polar surface area (TPSA) is 60.4 Å². The quantitative estimate of drug-likeness (QED) is 0.735. The number of hydrogen-bond donors (Lipinski definition) is 0. The molecule has 0 aromatic heterocycles. The maximum Gasteiger partial charge on any atom is 0.309 e. The summed E-state index contributed by atoms with van der Waals surface area (Å²) in [5.74, 6) is -0.400. The van der Waals surface area contributed by atoms with Crippen LogP contribution >= 0.6 is 11.6 Å². The minimum Gasteiger partial charge on any atom is -0.386 e. The molecule has 0 saturated carbocycles. The summed E-state index contributed by atoms with van der Waals surface area (Å²) in [6.45, 7) is 3.88. The van der Waals surface area contributed by atoms with E-state index in [9.17, 15) is 13.2 Å². The molecule has 0 bridgehead atoms. The van der Waals surface area contributed by atoms with Gasteiger partial charge in [0.1, 0.15) is 5.76 Å². The molecule has 1 unspecified atom stereocenters. The number of benzene rings is 1. The highest BCUT2D eigenvalue weighted by atomic mass is 35.5. The van der Waals surface area contributed by atoms with Gasteiger partial charge in [0.25, 0.3) is 0 Å². The van der Waals surface area contributed by atoms with Gasteiger partial charge in [0.15, 0.2) is 5.78 Å². The van der Waals surface area contributed by atoms with E-state index in [-0.39, 0.29) is 17.0 Å². The second kappa shape index (κ2) is 5.10. The van der Waals surface area contributed by atoms with Gasteiger partial charge in [-0.2, -0.15) is 8.42 Å². The third-order valence-corrected chi connectivity index (χ3v) is 5.55. The Morgan fingerprint density at radius 3 is 2.45 bits per heavy atom. The van der Waals surface area contributed by atoms with Gasteiger partial charge in [0.2, 0.25) is 0 Å². The average molecular weight is 341 g/mol. The van der Waals surface area contributed by atoms with Crippen LogP contribution in [0, 0.1) is 5.41 Å². The van der Waals surface area contributed by atoms with E-state index in [1.165, 1.54) is 0 Å². The van der Waals surface area contributed by atoms with E-state index in [0.717, 1.165) is 5.56 Å². The Morgan fingerprint density at radius 2 is 1.82 bits per heavy atom. The van der Waals surface area contributed by atoms with E-state index < -0.39 is 16.0 Å². The lowest BCUT2D eigenvalue weighted by molar-refractivity contribution is -0.118. The van der Waals surface area contributed by atoms with Crippen LogP contribution < -0.4 is 0 Å². The highest BCUT2D eigenvalue weighted by Gasteiger charge is 2.43. The Labute approximate surface area is 135 Å². The molecule has 0 amide bonds. The number of carbonyl (C=O) groups excluding carboxylic acids is 1. The van der Waals surface area contributed by atoms with Crippen LogP contribution in [0.25, 0.3) is 0 Å². The molecule has 6 heteroatoms. The van der Waals surface area contributed by atoms with Crippen molar-refractivity contribution >= 4 is 27.5 Å². The molecule has 1 atom stereocenters. The van der Waals surface area contributed by atoms with Crippen LogP contribution in [0.15, 0.2) is 35.6 Å². The van der Waals surface area contributed by atoms with Gasteiger partial charge < -0.3 is 4.18 Å². The van der Waals surface area contributed by atoms with Crippen molar-refractivity contribution in [2.24, 2.45) is 5.41 Å². The highest BCUT2D eigenvalue weighted by Crippen LogP contribution is 2.45. The Kier molecular flexibility index (Phi) is 3.61. The summed E-state index contributed by atoms with van der Waals surface area (Å²) >= 11 is 5.89. The predicted octanol–water partition coefficient (Wildman–Crippen LogP) is 3.43. The van der Waals surface area contributed by atoms with Crippen molar-refractivity contribution in [2.45, 2.75) is 32.6 Å². The molecule has 1 aliphatic heterocycles. The second-order valence-electron chi connectivity index (χ2n) is 6.69. The van der Waals surface area contributed by atoms with Gasteiger partial charge in [-0.15, -0.1) is 0 Å². The summed E-state index contributed by atoms with van der Waals surface area (Å²) in [6.07, 6.45) is 0.858. The maximum absolute atomic E-state index is 12.5. The van der Waals surface area contributed by atoms with Gasteiger partial charge in [0, 0.05) is 29.4 Å². The van der Waals surface area contributed by atoms with E-state index >= 15 is 0 Å². The number of ketones is 1. The first-order chi connectivity index (χ1) is 10.2. The van der Waals surface area contributed by atoms with E-state index in [1.807, 2.05) is 13.8 Å². The van der Waals surface area contributed by atoms with Crippen molar-refractivity contribution in [1.29, 1.82) is 0 Å². The first-order valence-electron chi connectivity index (χ1n) is 7.11. The summed E-state index contributed by atoms with van der Waals surface area (Å²) in [6, 6.07) is 6.95. The molecule has 0 radical (unpaired) electrons. The third kappa shape index (κ3) is 2.92. The Balaban J connectivity index is 2.12. The summed E-state index contributed by atoms with van der Waals surface area (Å²) in [5, 5.41) is 0.573. The van der Waals surface area contributed by atoms with Crippen LogP contribution in [0.3, 0.4) is 0 Å². The molecule has 0 spiro atoms. The molecule has 4 nitrogen and oxygen atoms in total. The summed E-state index contributed by atoms with van der Waals surface area (Å²) in [4.78, 5) is 12.5. The molecule has 118 valence electrons. The number of allylic oxidation sites excluding steroid dienone is 2. The molecule has 1 aromatic rings. The van der Waals surface area contributed by atoms with Gasteiger partial charge in [-0.1, -0.05) is 37.6 Å². The normalized spacial score (nSPS) is 26.3. The number of rotatable bonds is 1. The van der Waals surface area contributed by atoms with Crippen LogP contribution in [0.1, 0.15) is 38.2 Å². The van der Waals surface area contributed by atoms with Crippen molar-refractivity contribution < 1.29 is 17.4 Å². The Morgan fingerprint density at radius 1 is 1.18 bits per heavy atom. The van der Waals surface area contributed by atoms with Crippen LogP contribution in [-0.4, -0.2) is 20.0 Å². The smallest absolute Gasteiger partial charge is 0.309 e. The predicted molar refractivity (Wildman–Crippen MR) is 84.1 cm³/mol. The first kappa shape index (κ1) is 15.6. The Bertz CT molecular complexity index is 760. The molecule has 1 heterocycles. The third-order valence-electron chi connectivity index (χ3n) is 4.10. The lowest BCUT2D eigenvalue weighted by Crippen LogP contribution is -2.36. The minimum absolute atomic E-state index is 0.0268. The van der Waals surface area contributed by atoms with Crippen molar-refractivity contribution in [1.82, 2.24) is 0 Å². The lowest BCUT2D eigenvalue weighted by Gasteiger charge is -2.36. The van der Waals surface area contributed by atoms with Crippen molar-refractivity contribution in [2.75, 3.05) is 5.75 Å². The number of halogens is 1. The second-order valence-corrected chi connectivity index (χ2v) is 8.74. The molecule has 2 aliphatic rings. The van der Waals surface area contributed by atoms with E-state index in [2.05, 4.69) is 0 Å². The molecular weight excluding hydrogens is 324 g/mol. The monoisotopic (exact) mass is 340 g/mol. The fraction of sp³-hybridized carbons (Fsp3) is 0.438. The summed E-state index contributed by atoms with van der Waals surface area (Å²) in [7, 11) is -3.68. The summed E-state index contributed by atoms with van der Waals surface area (Å²) < 4.78 is 29.3. The summed E-state index contributed by atoms with van der Waals surface area (Å²) in [5.41, 5.74) is 1.00. The van der Waals surface area contributed by atoms with Gasteiger partial charge in [0.05, 0.1) is 5.75 Å². The molecule has 1 aliphatic carbocycles. The zero-order valence-corrected chi connectivity index (χ0v) is 14.0. The number of Topliss-reactive ketones (excluding diaryl/α,β-unsaturated/α-hetero) is 1. The van der Waals surface area contributed by atoms with Crippen molar-refractivity contribution in [3.63, 3.8) is 0 Å². The van der Waals surface area contributed by atoms with Gasteiger partial charge in [-0.05, 0) is 23.1 Å². The van der Waals surface area contributed by atoms with Gasteiger partial charge >= 0.3 is 10.1 Å². The Hall–Kier alpha value is -1.33. The zero-order valence-electron chi connectivity index (χ0n) is 12.4. The van der Waals surface area contributed by atoms with Crippen LogP contribution in [0.5, 0.6) is 0 Å². The maximum atomic E-state index is 12.5. The van der Waals surface area contributed by atoms with Gasteiger partial charge in [-0.25, -0.2) is 0 Å². The van der Waals surface area contributed by atoms with Gasteiger partial charge in [-0.3, -0.25) is 4.79 Å². The number of hydrogen-bond acceptors (Lipinski definition) is 4. The number of carbonyl (C=O) groups is 1. The molecule has 22 heavy (non-hydrogen) atoms. The average Bonchev–Trinajstić information content (AvgIpc) is 2.35. The highest BCUT2D eigenvalue weighted by molar-refractivity contribution is 7.86. The molecule has 0 fully saturated rings.